The van der Waals surface area contributed by atoms with Crippen molar-refractivity contribution < 1.29 is 9.59 Å². The molecule has 0 N–H and O–H groups in total. The average Bonchev–Trinajstić information content (AvgIpc) is 2.83. The number of aromatic nitrogens is 4. The van der Waals surface area contributed by atoms with Crippen LogP contribution < -0.4 is 10.6 Å². The maximum absolute atomic E-state index is 12.3. The minimum Gasteiger partial charge on any atom is -0.301 e. The first-order chi connectivity index (χ1) is 9.69. The standard InChI is InChI=1S/C12H13N5O3/c1-2-15(10-6-4-3-5-7-10)11(19)17-12(20)16(8-9-18)13-14-17/h3-7,9H,2,8H2,1H3. The summed E-state index contributed by atoms with van der Waals surface area (Å²) >= 11 is 0. The third-order valence-corrected chi connectivity index (χ3v) is 2.68. The molecule has 0 atom stereocenters. The normalized spacial score (nSPS) is 10.2. The van der Waals surface area contributed by atoms with E-state index in [1.165, 1.54) is 4.90 Å². The van der Waals surface area contributed by atoms with Crippen LogP contribution in [0.4, 0.5) is 10.5 Å². The molecule has 0 aliphatic heterocycles. The van der Waals surface area contributed by atoms with Gasteiger partial charge in [0.15, 0.2) is 0 Å². The van der Waals surface area contributed by atoms with E-state index < -0.39 is 11.7 Å². The Balaban J connectivity index is 2.35. The Morgan fingerprint density at radius 1 is 1.30 bits per heavy atom. The van der Waals surface area contributed by atoms with E-state index >= 15 is 0 Å². The lowest BCUT2D eigenvalue weighted by Crippen LogP contribution is -2.41. The molecule has 1 heterocycles. The summed E-state index contributed by atoms with van der Waals surface area (Å²) in [5, 5.41) is 6.97. The van der Waals surface area contributed by atoms with E-state index in [2.05, 4.69) is 10.4 Å². The lowest BCUT2D eigenvalue weighted by molar-refractivity contribution is -0.108. The van der Waals surface area contributed by atoms with Gasteiger partial charge in [-0.2, -0.15) is 4.68 Å². The lowest BCUT2D eigenvalue weighted by atomic mass is 10.3. The molecular weight excluding hydrogens is 262 g/mol. The molecule has 0 saturated heterocycles. The van der Waals surface area contributed by atoms with Crippen LogP contribution in [0.3, 0.4) is 0 Å². The van der Waals surface area contributed by atoms with Gasteiger partial charge in [0.25, 0.3) is 0 Å². The number of benzene rings is 1. The predicted molar refractivity (Wildman–Crippen MR) is 70.6 cm³/mol. The van der Waals surface area contributed by atoms with Gasteiger partial charge in [0, 0.05) is 12.2 Å². The summed E-state index contributed by atoms with van der Waals surface area (Å²) in [4.78, 5) is 35.9. The first-order valence-corrected chi connectivity index (χ1v) is 6.02. The number of nitrogens with zero attached hydrogens (tertiary/aromatic N) is 5. The minimum absolute atomic E-state index is 0.233. The van der Waals surface area contributed by atoms with Crippen molar-refractivity contribution in [1.82, 2.24) is 19.8 Å². The molecule has 2 aromatic rings. The van der Waals surface area contributed by atoms with E-state index in [0.717, 1.165) is 4.68 Å². The van der Waals surface area contributed by atoms with Crippen LogP contribution in [-0.4, -0.2) is 38.7 Å². The molecule has 2 rings (SSSR count). The van der Waals surface area contributed by atoms with E-state index in [1.807, 2.05) is 6.07 Å². The molecule has 104 valence electrons. The maximum atomic E-state index is 12.3. The van der Waals surface area contributed by atoms with Crippen molar-refractivity contribution in [2.45, 2.75) is 13.5 Å². The van der Waals surface area contributed by atoms with Gasteiger partial charge in [-0.25, -0.2) is 9.59 Å². The average molecular weight is 275 g/mol. The van der Waals surface area contributed by atoms with Gasteiger partial charge >= 0.3 is 11.7 Å². The number of rotatable bonds is 4. The molecule has 0 spiro atoms. The summed E-state index contributed by atoms with van der Waals surface area (Å²) in [6.45, 7) is 1.92. The highest BCUT2D eigenvalue weighted by atomic mass is 16.2. The molecule has 8 nitrogen and oxygen atoms in total. The number of para-hydroxylation sites is 1. The van der Waals surface area contributed by atoms with Crippen LogP contribution in [0.25, 0.3) is 0 Å². The van der Waals surface area contributed by atoms with E-state index in [9.17, 15) is 14.4 Å². The summed E-state index contributed by atoms with van der Waals surface area (Å²) in [5.41, 5.74) is -0.0895. The summed E-state index contributed by atoms with van der Waals surface area (Å²) in [6.07, 6.45) is 0.514. The molecule has 0 aliphatic rings. The highest BCUT2D eigenvalue weighted by Gasteiger charge is 2.20. The number of hydrogen-bond donors (Lipinski definition) is 0. The fourth-order valence-electron chi connectivity index (χ4n) is 1.73. The fraction of sp³-hybridized carbons (Fsp3) is 0.250. The zero-order chi connectivity index (χ0) is 14.5. The van der Waals surface area contributed by atoms with Crippen molar-refractivity contribution in [1.29, 1.82) is 0 Å². The second-order valence-electron chi connectivity index (χ2n) is 3.88. The van der Waals surface area contributed by atoms with E-state index in [1.54, 1.807) is 31.2 Å². The first kappa shape index (κ1) is 13.7. The van der Waals surface area contributed by atoms with Crippen LogP contribution in [0.2, 0.25) is 0 Å². The van der Waals surface area contributed by atoms with Gasteiger partial charge in [-0.05, 0) is 29.5 Å². The van der Waals surface area contributed by atoms with Gasteiger partial charge in [0.1, 0.15) is 12.8 Å². The first-order valence-electron chi connectivity index (χ1n) is 6.02. The van der Waals surface area contributed by atoms with Gasteiger partial charge in [-0.15, -0.1) is 4.68 Å². The third-order valence-electron chi connectivity index (χ3n) is 2.68. The molecule has 0 fully saturated rings. The Morgan fingerprint density at radius 3 is 2.60 bits per heavy atom. The number of tetrazole rings is 1. The van der Waals surface area contributed by atoms with E-state index in [4.69, 9.17) is 0 Å². The maximum Gasteiger partial charge on any atom is 0.372 e. The molecule has 0 unspecified atom stereocenters. The highest BCUT2D eigenvalue weighted by molar-refractivity contribution is 5.92. The smallest absolute Gasteiger partial charge is 0.301 e. The highest BCUT2D eigenvalue weighted by Crippen LogP contribution is 2.13. The molecule has 0 aliphatic carbocycles. The molecule has 0 saturated carbocycles. The Kier molecular flexibility index (Phi) is 4.04. The molecule has 0 bridgehead atoms. The third kappa shape index (κ3) is 2.48. The number of aldehydes is 1. The summed E-state index contributed by atoms with van der Waals surface area (Å²) in [6, 6.07) is 8.30. The van der Waals surface area contributed by atoms with Crippen LogP contribution in [0.1, 0.15) is 6.92 Å². The van der Waals surface area contributed by atoms with E-state index in [0.29, 0.717) is 23.2 Å². The minimum atomic E-state index is -0.739. The molecule has 8 heteroatoms. The topological polar surface area (TPSA) is 90.1 Å². The van der Waals surface area contributed by atoms with Crippen molar-refractivity contribution in [2.75, 3.05) is 11.4 Å². The molecule has 1 aromatic heterocycles. The second kappa shape index (κ2) is 5.91. The number of carbonyl (C=O) groups is 2. The number of amides is 1. The SMILES string of the molecule is CCN(C(=O)n1nnn(CC=O)c1=O)c1ccccc1. The predicted octanol–water partition coefficient (Wildman–Crippen LogP) is 0.133. The van der Waals surface area contributed by atoms with Crippen LogP contribution in [-0.2, 0) is 11.3 Å². The zero-order valence-corrected chi connectivity index (χ0v) is 10.8. The van der Waals surface area contributed by atoms with Crippen LogP contribution in [0.15, 0.2) is 35.1 Å². The van der Waals surface area contributed by atoms with Gasteiger partial charge < -0.3 is 4.79 Å². The molecule has 0 radical (unpaired) electrons. The molecule has 1 amide bonds. The van der Waals surface area contributed by atoms with Crippen LogP contribution in [0, 0.1) is 0 Å². The summed E-state index contributed by atoms with van der Waals surface area (Å²) in [5.74, 6) is 0. The molecule has 20 heavy (non-hydrogen) atoms. The van der Waals surface area contributed by atoms with Crippen LogP contribution >= 0.6 is 0 Å². The van der Waals surface area contributed by atoms with Crippen molar-refractivity contribution in [3.63, 3.8) is 0 Å². The monoisotopic (exact) mass is 275 g/mol. The zero-order valence-electron chi connectivity index (χ0n) is 10.8. The van der Waals surface area contributed by atoms with Crippen molar-refractivity contribution in [3.8, 4) is 0 Å². The van der Waals surface area contributed by atoms with Gasteiger partial charge in [0.05, 0.1) is 0 Å². The van der Waals surface area contributed by atoms with Crippen LogP contribution in [0.5, 0.6) is 0 Å². The second-order valence-corrected chi connectivity index (χ2v) is 3.88. The Morgan fingerprint density at radius 2 is 2.00 bits per heavy atom. The van der Waals surface area contributed by atoms with Crippen molar-refractivity contribution >= 4 is 18.0 Å². The Hall–Kier alpha value is -2.77. The number of carbonyl (C=O) groups excluding carboxylic acids is 2. The number of hydrogen-bond acceptors (Lipinski definition) is 5. The fourth-order valence-corrected chi connectivity index (χ4v) is 1.73. The van der Waals surface area contributed by atoms with Crippen molar-refractivity contribution in [3.05, 3.63) is 40.8 Å². The lowest BCUT2D eigenvalue weighted by Gasteiger charge is -2.19. The summed E-state index contributed by atoms with van der Waals surface area (Å²) < 4.78 is 1.46. The van der Waals surface area contributed by atoms with Gasteiger partial charge in [-0.3, -0.25) is 4.90 Å². The van der Waals surface area contributed by atoms with Gasteiger partial charge in [0.2, 0.25) is 0 Å². The quantitative estimate of drug-likeness (QED) is 0.584. The largest absolute Gasteiger partial charge is 0.372 e. The van der Waals surface area contributed by atoms with E-state index in [-0.39, 0.29) is 6.54 Å². The number of anilines is 1. The molecule has 1 aromatic carbocycles. The Labute approximate surface area is 114 Å². The molecular formula is C12H13N5O3. The summed E-state index contributed by atoms with van der Waals surface area (Å²) in [7, 11) is 0. The van der Waals surface area contributed by atoms with Gasteiger partial charge in [-0.1, -0.05) is 18.2 Å². The van der Waals surface area contributed by atoms with Crippen molar-refractivity contribution in [2.24, 2.45) is 0 Å². The Bertz CT molecular complexity index is 661.